The zero-order chi connectivity index (χ0) is 6.53. The molecule has 1 aliphatic rings. The van der Waals surface area contributed by atoms with E-state index in [1.807, 2.05) is 17.8 Å². The van der Waals surface area contributed by atoms with Gasteiger partial charge in [0.25, 0.3) is 0 Å². The average molecular weight is 142 g/mol. The van der Waals surface area contributed by atoms with E-state index in [2.05, 4.69) is 4.99 Å². The maximum atomic E-state index is 5.19. The number of hydrogen-bond acceptors (Lipinski definition) is 3. The summed E-state index contributed by atoms with van der Waals surface area (Å²) in [7, 11) is 0. The Morgan fingerprint density at radius 2 is 2.56 bits per heavy atom. The van der Waals surface area contributed by atoms with Crippen molar-refractivity contribution in [3.63, 3.8) is 0 Å². The first-order valence-corrected chi connectivity index (χ1v) is 4.08. The molecule has 0 amide bonds. The van der Waals surface area contributed by atoms with Gasteiger partial charge in [0.15, 0.2) is 0 Å². The Balaban J connectivity index is 2.46. The normalized spacial score (nSPS) is 20.2. The lowest BCUT2D eigenvalue weighted by molar-refractivity contribution is 1.13. The van der Waals surface area contributed by atoms with E-state index in [0.29, 0.717) is 0 Å². The van der Waals surface area contributed by atoms with Crippen LogP contribution in [0.3, 0.4) is 0 Å². The lowest BCUT2D eigenvalue weighted by Crippen LogP contribution is -2.07. The standard InChI is InChI=1S/C6H10N2S/c7-2-1-6-5-9-4-3-8-6/h1-2H,3-5,7H2. The topological polar surface area (TPSA) is 38.4 Å². The van der Waals surface area contributed by atoms with Crippen LogP contribution in [0.1, 0.15) is 0 Å². The molecule has 0 spiro atoms. The number of rotatable bonds is 1. The van der Waals surface area contributed by atoms with Crippen molar-refractivity contribution >= 4 is 17.5 Å². The van der Waals surface area contributed by atoms with Gasteiger partial charge in [0.1, 0.15) is 0 Å². The molecular weight excluding hydrogens is 132 g/mol. The maximum absolute atomic E-state index is 5.19. The molecule has 50 valence electrons. The molecule has 0 aromatic carbocycles. The molecule has 1 aliphatic heterocycles. The van der Waals surface area contributed by atoms with E-state index in [9.17, 15) is 0 Å². The van der Waals surface area contributed by atoms with Gasteiger partial charge in [-0.05, 0) is 12.3 Å². The second kappa shape index (κ2) is 3.56. The molecule has 0 fully saturated rings. The minimum Gasteiger partial charge on any atom is -0.405 e. The molecule has 0 aromatic heterocycles. The quantitative estimate of drug-likeness (QED) is 0.583. The molecule has 9 heavy (non-hydrogen) atoms. The number of nitrogens with two attached hydrogens (primary N) is 1. The van der Waals surface area contributed by atoms with Gasteiger partial charge in [0.2, 0.25) is 0 Å². The van der Waals surface area contributed by atoms with Crippen LogP contribution in [0.5, 0.6) is 0 Å². The van der Waals surface area contributed by atoms with Crippen LogP contribution in [-0.2, 0) is 0 Å². The van der Waals surface area contributed by atoms with Crippen LogP contribution >= 0.6 is 11.8 Å². The van der Waals surface area contributed by atoms with Gasteiger partial charge in [0, 0.05) is 23.8 Å². The van der Waals surface area contributed by atoms with Gasteiger partial charge in [-0.15, -0.1) is 0 Å². The summed E-state index contributed by atoms with van der Waals surface area (Å²) in [6.07, 6.45) is 3.41. The van der Waals surface area contributed by atoms with Gasteiger partial charge in [-0.25, -0.2) is 0 Å². The first-order chi connectivity index (χ1) is 4.43. The number of thioether (sulfide) groups is 1. The van der Waals surface area contributed by atoms with Gasteiger partial charge in [-0.2, -0.15) is 11.8 Å². The van der Waals surface area contributed by atoms with Gasteiger partial charge < -0.3 is 5.73 Å². The highest BCUT2D eigenvalue weighted by molar-refractivity contribution is 8.00. The third-order valence-electron chi connectivity index (χ3n) is 1.09. The van der Waals surface area contributed by atoms with Crippen molar-refractivity contribution in [2.45, 2.75) is 0 Å². The van der Waals surface area contributed by atoms with E-state index < -0.39 is 0 Å². The van der Waals surface area contributed by atoms with E-state index in [4.69, 9.17) is 5.73 Å². The minimum atomic E-state index is 0.949. The van der Waals surface area contributed by atoms with Crippen LogP contribution in [0.25, 0.3) is 0 Å². The first-order valence-electron chi connectivity index (χ1n) is 2.93. The fourth-order valence-electron chi connectivity index (χ4n) is 0.688. The average Bonchev–Trinajstić information content (AvgIpc) is 1.91. The van der Waals surface area contributed by atoms with Crippen molar-refractivity contribution in [2.24, 2.45) is 10.7 Å². The van der Waals surface area contributed by atoms with Crippen molar-refractivity contribution in [1.82, 2.24) is 0 Å². The fraction of sp³-hybridized carbons (Fsp3) is 0.500. The molecule has 0 saturated heterocycles. The molecule has 0 radical (unpaired) electrons. The molecule has 0 aliphatic carbocycles. The zero-order valence-corrected chi connectivity index (χ0v) is 6.03. The van der Waals surface area contributed by atoms with Crippen LogP contribution in [0, 0.1) is 0 Å². The number of allylic oxidation sites excluding steroid dienone is 1. The summed E-state index contributed by atoms with van der Waals surface area (Å²) < 4.78 is 0. The third kappa shape index (κ3) is 2.10. The van der Waals surface area contributed by atoms with Crippen molar-refractivity contribution in [3.05, 3.63) is 12.3 Å². The summed E-state index contributed by atoms with van der Waals surface area (Å²) in [5.74, 6) is 2.18. The number of aliphatic imine (C=N–C) groups is 1. The molecular formula is C6H10N2S. The van der Waals surface area contributed by atoms with Crippen LogP contribution in [0.15, 0.2) is 17.3 Å². The zero-order valence-electron chi connectivity index (χ0n) is 5.21. The van der Waals surface area contributed by atoms with E-state index >= 15 is 0 Å². The molecule has 3 heteroatoms. The van der Waals surface area contributed by atoms with Crippen LogP contribution in [-0.4, -0.2) is 23.8 Å². The molecule has 0 atom stereocenters. The number of hydrogen-bond donors (Lipinski definition) is 1. The third-order valence-corrected chi connectivity index (χ3v) is 2.06. The molecule has 2 N–H and O–H groups in total. The lowest BCUT2D eigenvalue weighted by atomic mass is 10.4. The van der Waals surface area contributed by atoms with E-state index in [1.165, 1.54) is 0 Å². The molecule has 1 heterocycles. The fourth-order valence-corrected chi connectivity index (χ4v) is 1.45. The Hall–Kier alpha value is -0.440. The predicted octanol–water partition coefficient (Wildman–Crippen LogP) is 0.647. The number of nitrogens with zero attached hydrogens (tertiary/aromatic N) is 1. The summed E-state index contributed by atoms with van der Waals surface area (Å²) in [5, 5.41) is 0. The van der Waals surface area contributed by atoms with Crippen LogP contribution < -0.4 is 5.73 Å². The smallest absolute Gasteiger partial charge is 0.0483 e. The Morgan fingerprint density at radius 1 is 1.67 bits per heavy atom. The SMILES string of the molecule is NC=CC1=NCCSC1. The van der Waals surface area contributed by atoms with Crippen molar-refractivity contribution in [1.29, 1.82) is 0 Å². The van der Waals surface area contributed by atoms with Crippen LogP contribution in [0.2, 0.25) is 0 Å². The second-order valence-corrected chi connectivity index (χ2v) is 2.89. The Bertz CT molecular complexity index is 140. The first kappa shape index (κ1) is 6.68. The molecule has 0 unspecified atom stereocenters. The highest BCUT2D eigenvalue weighted by Gasteiger charge is 1.99. The van der Waals surface area contributed by atoms with Crippen molar-refractivity contribution in [3.8, 4) is 0 Å². The summed E-state index contributed by atoms with van der Waals surface area (Å²) in [6.45, 7) is 0.949. The Kier molecular flexibility index (Phi) is 2.64. The molecule has 1 rings (SSSR count). The van der Waals surface area contributed by atoms with Gasteiger partial charge >= 0.3 is 0 Å². The van der Waals surface area contributed by atoms with Gasteiger partial charge in [0.05, 0.1) is 0 Å². The largest absolute Gasteiger partial charge is 0.405 e. The Morgan fingerprint density at radius 3 is 3.11 bits per heavy atom. The van der Waals surface area contributed by atoms with Crippen LogP contribution in [0.4, 0.5) is 0 Å². The lowest BCUT2D eigenvalue weighted by Gasteiger charge is -2.06. The highest BCUT2D eigenvalue weighted by atomic mass is 32.2. The van der Waals surface area contributed by atoms with Crippen molar-refractivity contribution in [2.75, 3.05) is 18.1 Å². The van der Waals surface area contributed by atoms with Gasteiger partial charge in [-0.1, -0.05) is 0 Å². The summed E-state index contributed by atoms with van der Waals surface area (Å²) in [5.41, 5.74) is 6.31. The second-order valence-electron chi connectivity index (χ2n) is 1.78. The molecule has 2 nitrogen and oxygen atoms in total. The summed E-state index contributed by atoms with van der Waals surface area (Å²) in [6, 6.07) is 0. The highest BCUT2D eigenvalue weighted by Crippen LogP contribution is 2.06. The maximum Gasteiger partial charge on any atom is 0.0483 e. The minimum absolute atomic E-state index is 0.949. The molecule has 0 aromatic rings. The monoisotopic (exact) mass is 142 g/mol. The van der Waals surface area contributed by atoms with Crippen molar-refractivity contribution < 1.29 is 0 Å². The van der Waals surface area contributed by atoms with E-state index in [0.717, 1.165) is 23.8 Å². The van der Waals surface area contributed by atoms with E-state index in [1.54, 1.807) is 6.20 Å². The summed E-state index contributed by atoms with van der Waals surface area (Å²) >= 11 is 1.91. The van der Waals surface area contributed by atoms with E-state index in [-0.39, 0.29) is 0 Å². The molecule has 0 saturated carbocycles. The Labute approximate surface area is 59.2 Å². The van der Waals surface area contributed by atoms with Gasteiger partial charge in [-0.3, -0.25) is 4.99 Å². The predicted molar refractivity (Wildman–Crippen MR) is 43.0 cm³/mol. The molecule has 0 bridgehead atoms. The summed E-state index contributed by atoms with van der Waals surface area (Å²) in [4.78, 5) is 4.25.